The number of carbonyl (C=O) groups is 3. The molecule has 0 aromatic heterocycles. The van der Waals surface area contributed by atoms with Crippen LogP contribution < -0.4 is 16.8 Å². The highest BCUT2D eigenvalue weighted by Gasteiger charge is 2.24. The zero-order valence-electron chi connectivity index (χ0n) is 10.2. The Morgan fingerprint density at radius 1 is 1.39 bits per heavy atom. The summed E-state index contributed by atoms with van der Waals surface area (Å²) in [4.78, 5) is 32.9. The zero-order valence-corrected chi connectivity index (χ0v) is 10.2. The molecule has 0 bridgehead atoms. The molecule has 0 saturated heterocycles. The highest BCUT2D eigenvalue weighted by Crippen LogP contribution is 1.98. The molecule has 0 aliphatic rings. The van der Waals surface area contributed by atoms with Crippen molar-refractivity contribution in [2.45, 2.75) is 31.3 Å². The van der Waals surface area contributed by atoms with Crippen molar-refractivity contribution in [2.24, 2.45) is 11.5 Å². The predicted octanol–water partition coefficient (Wildman–Crippen LogP) is -1.81. The molecule has 8 nitrogen and oxygen atoms in total. The molecule has 0 spiro atoms. The van der Waals surface area contributed by atoms with Gasteiger partial charge in [0.15, 0.2) is 0 Å². The predicted molar refractivity (Wildman–Crippen MR) is 62.5 cm³/mol. The molecule has 104 valence electrons. The summed E-state index contributed by atoms with van der Waals surface area (Å²) < 4.78 is 4.80. The van der Waals surface area contributed by atoms with Gasteiger partial charge in [-0.25, -0.2) is 4.79 Å². The van der Waals surface area contributed by atoms with Crippen LogP contribution in [0.2, 0.25) is 0 Å². The summed E-state index contributed by atoms with van der Waals surface area (Å²) >= 11 is 0. The van der Waals surface area contributed by atoms with E-state index >= 15 is 0 Å². The summed E-state index contributed by atoms with van der Waals surface area (Å²) in [5.41, 5.74) is 10.4. The van der Waals surface area contributed by atoms with E-state index in [1.54, 1.807) is 0 Å². The van der Waals surface area contributed by atoms with Gasteiger partial charge in [0.05, 0.1) is 12.5 Å². The first-order chi connectivity index (χ1) is 8.38. The van der Waals surface area contributed by atoms with Gasteiger partial charge in [-0.1, -0.05) is 0 Å². The van der Waals surface area contributed by atoms with Crippen molar-refractivity contribution in [3.05, 3.63) is 0 Å². The number of hydrogen-bond donors (Lipinski definition) is 4. The average molecular weight is 261 g/mol. The van der Waals surface area contributed by atoms with Crippen LogP contribution in [0.15, 0.2) is 0 Å². The third kappa shape index (κ3) is 6.81. The van der Waals surface area contributed by atoms with Crippen molar-refractivity contribution in [1.29, 1.82) is 0 Å². The number of carboxylic acid groups (broad SMARTS) is 1. The highest BCUT2D eigenvalue weighted by molar-refractivity contribution is 5.89. The molecule has 0 rings (SSSR count). The van der Waals surface area contributed by atoms with Crippen LogP contribution in [-0.4, -0.2) is 48.7 Å². The molecule has 1 unspecified atom stereocenters. The number of nitrogens with two attached hydrogens (primary N) is 2. The van der Waals surface area contributed by atoms with E-state index in [1.165, 1.54) is 7.11 Å². The van der Waals surface area contributed by atoms with Gasteiger partial charge >= 0.3 is 5.97 Å². The molecule has 0 aromatic rings. The van der Waals surface area contributed by atoms with Crippen LogP contribution >= 0.6 is 0 Å². The molecule has 0 aliphatic carbocycles. The Kier molecular flexibility index (Phi) is 7.64. The van der Waals surface area contributed by atoms with Gasteiger partial charge in [-0.2, -0.15) is 0 Å². The smallest absolute Gasteiger partial charge is 0.326 e. The Hall–Kier alpha value is -1.67. The van der Waals surface area contributed by atoms with Crippen molar-refractivity contribution in [2.75, 3.05) is 13.7 Å². The summed E-state index contributed by atoms with van der Waals surface area (Å²) in [5, 5.41) is 11.0. The lowest BCUT2D eigenvalue weighted by atomic mass is 10.1. The fourth-order valence-electron chi connectivity index (χ4n) is 1.26. The van der Waals surface area contributed by atoms with Gasteiger partial charge in [0.2, 0.25) is 11.8 Å². The van der Waals surface area contributed by atoms with Gasteiger partial charge in [0.1, 0.15) is 6.04 Å². The Bertz CT molecular complexity index is 308. The monoisotopic (exact) mass is 261 g/mol. The second kappa shape index (κ2) is 8.43. The molecule has 2 amide bonds. The number of aliphatic carboxylic acids is 1. The minimum atomic E-state index is -1.34. The van der Waals surface area contributed by atoms with Crippen LogP contribution in [0, 0.1) is 0 Å². The van der Waals surface area contributed by atoms with Crippen LogP contribution in [0.5, 0.6) is 0 Å². The molecular weight excluding hydrogens is 242 g/mol. The van der Waals surface area contributed by atoms with E-state index in [-0.39, 0.29) is 0 Å². The Morgan fingerprint density at radius 3 is 2.44 bits per heavy atom. The zero-order chi connectivity index (χ0) is 14.1. The quantitative estimate of drug-likeness (QED) is 0.360. The Morgan fingerprint density at radius 2 is 2.00 bits per heavy atom. The van der Waals surface area contributed by atoms with Crippen LogP contribution in [0.3, 0.4) is 0 Å². The summed E-state index contributed by atoms with van der Waals surface area (Å²) in [5.74, 6) is -2.76. The molecule has 18 heavy (non-hydrogen) atoms. The third-order valence-corrected chi connectivity index (χ3v) is 2.22. The summed E-state index contributed by atoms with van der Waals surface area (Å²) in [7, 11) is 1.53. The minimum absolute atomic E-state index is 0.364. The molecule has 0 radical (unpaired) electrons. The van der Waals surface area contributed by atoms with Gasteiger partial charge < -0.3 is 26.6 Å². The van der Waals surface area contributed by atoms with Crippen molar-refractivity contribution in [3.63, 3.8) is 0 Å². The molecule has 0 heterocycles. The fraction of sp³-hybridized carbons (Fsp3) is 0.700. The number of primary amides is 1. The van der Waals surface area contributed by atoms with Gasteiger partial charge in [-0.05, 0) is 12.8 Å². The van der Waals surface area contributed by atoms with Gasteiger partial charge in [-0.3, -0.25) is 9.59 Å². The van der Waals surface area contributed by atoms with Gasteiger partial charge in [-0.15, -0.1) is 0 Å². The maximum Gasteiger partial charge on any atom is 0.326 e. The highest BCUT2D eigenvalue weighted by atomic mass is 16.5. The maximum absolute atomic E-state index is 11.5. The average Bonchev–Trinajstić information content (AvgIpc) is 2.27. The van der Waals surface area contributed by atoms with E-state index in [1.807, 2.05) is 0 Å². The normalized spacial score (nSPS) is 13.7. The van der Waals surface area contributed by atoms with Crippen LogP contribution in [-0.2, 0) is 19.1 Å². The molecule has 0 aliphatic heterocycles. The van der Waals surface area contributed by atoms with E-state index in [0.717, 1.165) is 0 Å². The van der Waals surface area contributed by atoms with E-state index in [9.17, 15) is 14.4 Å². The van der Waals surface area contributed by atoms with Crippen molar-refractivity contribution >= 4 is 17.8 Å². The molecule has 0 fully saturated rings. The van der Waals surface area contributed by atoms with E-state index in [2.05, 4.69) is 5.32 Å². The molecular formula is C10H19N3O5. The topological polar surface area (TPSA) is 145 Å². The molecule has 8 heteroatoms. The standard InChI is InChI=1S/C10H19N3O5/c1-18-4-2-3-6(11)9(15)13-7(10(16)17)5-8(12)14/h6-7H,2-5,11H2,1H3,(H2,12,14)(H,13,15)(H,16,17)/t6?,7-/m0/s1. The SMILES string of the molecule is COCCCC(N)C(=O)N[C@@H](CC(N)=O)C(=O)O. The Labute approximate surface area is 105 Å². The first-order valence-electron chi connectivity index (χ1n) is 5.44. The largest absolute Gasteiger partial charge is 0.480 e. The third-order valence-electron chi connectivity index (χ3n) is 2.22. The molecule has 6 N–H and O–H groups in total. The lowest BCUT2D eigenvalue weighted by Crippen LogP contribution is -2.49. The van der Waals surface area contributed by atoms with Gasteiger partial charge in [0, 0.05) is 13.7 Å². The number of amides is 2. The van der Waals surface area contributed by atoms with Gasteiger partial charge in [0.25, 0.3) is 0 Å². The number of nitrogens with one attached hydrogen (secondary N) is 1. The van der Waals surface area contributed by atoms with Crippen LogP contribution in [0.4, 0.5) is 0 Å². The molecule has 2 atom stereocenters. The fourth-order valence-corrected chi connectivity index (χ4v) is 1.26. The molecule has 0 aromatic carbocycles. The van der Waals surface area contributed by atoms with Crippen LogP contribution in [0.25, 0.3) is 0 Å². The van der Waals surface area contributed by atoms with Crippen molar-refractivity contribution in [1.82, 2.24) is 5.32 Å². The minimum Gasteiger partial charge on any atom is -0.480 e. The van der Waals surface area contributed by atoms with E-state index < -0.39 is 36.3 Å². The second-order valence-corrected chi connectivity index (χ2v) is 3.81. The lowest BCUT2D eigenvalue weighted by Gasteiger charge is -2.16. The molecule has 0 saturated carbocycles. The lowest BCUT2D eigenvalue weighted by molar-refractivity contribution is -0.143. The number of carbonyl (C=O) groups excluding carboxylic acids is 2. The number of methoxy groups -OCH3 is 1. The Balaban J connectivity index is 4.23. The van der Waals surface area contributed by atoms with Crippen LogP contribution in [0.1, 0.15) is 19.3 Å². The van der Waals surface area contributed by atoms with E-state index in [0.29, 0.717) is 19.4 Å². The number of ether oxygens (including phenoxy) is 1. The summed E-state index contributed by atoms with van der Waals surface area (Å²) in [6.07, 6.45) is 0.479. The van der Waals surface area contributed by atoms with Crippen molar-refractivity contribution in [3.8, 4) is 0 Å². The summed E-state index contributed by atoms with van der Waals surface area (Å²) in [6.45, 7) is 0.463. The number of rotatable bonds is 9. The second-order valence-electron chi connectivity index (χ2n) is 3.81. The maximum atomic E-state index is 11.5. The first kappa shape index (κ1) is 16.3. The number of hydrogen-bond acceptors (Lipinski definition) is 5. The van der Waals surface area contributed by atoms with Crippen molar-refractivity contribution < 1.29 is 24.2 Å². The number of carboxylic acids is 1. The van der Waals surface area contributed by atoms with E-state index in [4.69, 9.17) is 21.3 Å². The summed E-state index contributed by atoms with van der Waals surface area (Å²) in [6, 6.07) is -2.18. The first-order valence-corrected chi connectivity index (χ1v) is 5.44.